The molecule has 1 heterocycles. The van der Waals surface area contributed by atoms with Gasteiger partial charge in [-0.2, -0.15) is 0 Å². The normalized spacial score (nSPS) is 13.7. The summed E-state index contributed by atoms with van der Waals surface area (Å²) < 4.78 is 0. The fourth-order valence-corrected chi connectivity index (χ4v) is 3.38. The summed E-state index contributed by atoms with van der Waals surface area (Å²) >= 11 is 5.26. The summed E-state index contributed by atoms with van der Waals surface area (Å²) in [7, 11) is 0. The molecular formula is C21H23N3O2S. The second-order valence-electron chi connectivity index (χ2n) is 6.56. The molecular weight excluding hydrogens is 358 g/mol. The van der Waals surface area contributed by atoms with Crippen LogP contribution in [0, 0.1) is 0 Å². The van der Waals surface area contributed by atoms with Gasteiger partial charge in [0.1, 0.15) is 0 Å². The van der Waals surface area contributed by atoms with Gasteiger partial charge in [-0.3, -0.25) is 9.59 Å². The number of amides is 2. The summed E-state index contributed by atoms with van der Waals surface area (Å²) in [6.07, 6.45) is 3.49. The fraction of sp³-hybridized carbons (Fsp3) is 0.286. The van der Waals surface area contributed by atoms with E-state index in [4.69, 9.17) is 12.2 Å². The number of thiocarbonyl (C=S) groups is 1. The largest absolute Gasteiger partial charge is 0.339 e. The van der Waals surface area contributed by atoms with E-state index >= 15 is 0 Å². The van der Waals surface area contributed by atoms with E-state index in [1.807, 2.05) is 47.4 Å². The van der Waals surface area contributed by atoms with Crippen molar-refractivity contribution in [2.75, 3.05) is 18.4 Å². The van der Waals surface area contributed by atoms with Crippen LogP contribution in [0.4, 0.5) is 5.69 Å². The molecule has 5 nitrogen and oxygen atoms in total. The first-order valence-corrected chi connectivity index (χ1v) is 9.57. The Hall–Kier alpha value is -2.73. The zero-order chi connectivity index (χ0) is 19.1. The second-order valence-corrected chi connectivity index (χ2v) is 6.97. The molecule has 3 rings (SSSR count). The van der Waals surface area contributed by atoms with Gasteiger partial charge in [-0.05, 0) is 49.2 Å². The average molecular weight is 382 g/mol. The van der Waals surface area contributed by atoms with E-state index in [1.165, 1.54) is 6.42 Å². The topological polar surface area (TPSA) is 61.4 Å². The maximum Gasteiger partial charge on any atom is 0.255 e. The highest BCUT2D eigenvalue weighted by atomic mass is 32.1. The number of carbonyl (C=O) groups is 2. The van der Waals surface area contributed by atoms with Crippen molar-refractivity contribution in [1.29, 1.82) is 0 Å². The van der Waals surface area contributed by atoms with Crippen LogP contribution in [0.1, 0.15) is 35.2 Å². The Morgan fingerprint density at radius 1 is 0.926 bits per heavy atom. The Morgan fingerprint density at radius 2 is 1.59 bits per heavy atom. The Kier molecular flexibility index (Phi) is 6.54. The third kappa shape index (κ3) is 5.37. The standard InChI is InChI=1S/C21H23N3O2S/c25-19(15-16-9-3-1-4-10-16)23-21(27)22-18-12-6-5-11-17(18)20(26)24-13-7-2-8-14-24/h1,3-6,9-12H,2,7-8,13-15H2,(H2,22,23,25,27). The van der Waals surface area contributed by atoms with Gasteiger partial charge in [0, 0.05) is 13.1 Å². The number of carbonyl (C=O) groups excluding carboxylic acids is 2. The molecule has 0 aliphatic carbocycles. The Morgan fingerprint density at radius 3 is 2.33 bits per heavy atom. The van der Waals surface area contributed by atoms with Crippen molar-refractivity contribution in [1.82, 2.24) is 10.2 Å². The third-order valence-electron chi connectivity index (χ3n) is 4.51. The summed E-state index contributed by atoms with van der Waals surface area (Å²) in [5.74, 6) is -0.199. The van der Waals surface area contributed by atoms with Crippen LogP contribution >= 0.6 is 12.2 Å². The predicted molar refractivity (Wildman–Crippen MR) is 111 cm³/mol. The van der Waals surface area contributed by atoms with E-state index < -0.39 is 0 Å². The van der Waals surface area contributed by atoms with Gasteiger partial charge in [0.05, 0.1) is 17.7 Å². The number of hydrogen-bond acceptors (Lipinski definition) is 3. The molecule has 0 unspecified atom stereocenters. The molecule has 0 radical (unpaired) electrons. The highest BCUT2D eigenvalue weighted by molar-refractivity contribution is 7.80. The fourth-order valence-electron chi connectivity index (χ4n) is 3.15. The third-order valence-corrected chi connectivity index (χ3v) is 4.71. The van der Waals surface area contributed by atoms with Crippen molar-refractivity contribution < 1.29 is 9.59 Å². The van der Waals surface area contributed by atoms with Crippen molar-refractivity contribution >= 4 is 34.8 Å². The molecule has 140 valence electrons. The van der Waals surface area contributed by atoms with E-state index in [1.54, 1.807) is 12.1 Å². The lowest BCUT2D eigenvalue weighted by Crippen LogP contribution is -2.38. The summed E-state index contributed by atoms with van der Waals surface area (Å²) in [4.78, 5) is 26.9. The molecule has 0 aromatic heterocycles. The molecule has 1 saturated heterocycles. The minimum atomic E-state index is -0.196. The molecule has 2 N–H and O–H groups in total. The first-order chi connectivity index (χ1) is 13.1. The summed E-state index contributed by atoms with van der Waals surface area (Å²) in [5.41, 5.74) is 2.09. The highest BCUT2D eigenvalue weighted by Crippen LogP contribution is 2.20. The van der Waals surface area contributed by atoms with Crippen molar-refractivity contribution in [2.24, 2.45) is 0 Å². The average Bonchev–Trinajstić information content (AvgIpc) is 2.69. The number of nitrogens with zero attached hydrogens (tertiary/aromatic N) is 1. The molecule has 0 saturated carbocycles. The van der Waals surface area contributed by atoms with Crippen molar-refractivity contribution in [2.45, 2.75) is 25.7 Å². The molecule has 6 heteroatoms. The Balaban J connectivity index is 1.62. The maximum atomic E-state index is 12.8. The van der Waals surface area contributed by atoms with Gasteiger partial charge in [-0.25, -0.2) is 0 Å². The molecule has 2 aromatic rings. The van der Waals surface area contributed by atoms with Crippen LogP contribution in [0.2, 0.25) is 0 Å². The summed E-state index contributed by atoms with van der Waals surface area (Å²) in [6, 6.07) is 16.7. The molecule has 1 fully saturated rings. The first kappa shape index (κ1) is 19.0. The number of likely N-dealkylation sites (tertiary alicyclic amines) is 1. The summed E-state index contributed by atoms with van der Waals surface area (Å²) in [5, 5.41) is 5.87. The van der Waals surface area contributed by atoms with Crippen molar-refractivity contribution in [3.63, 3.8) is 0 Å². The molecule has 1 aliphatic rings. The molecule has 2 aromatic carbocycles. The maximum absolute atomic E-state index is 12.8. The highest BCUT2D eigenvalue weighted by Gasteiger charge is 2.21. The predicted octanol–water partition coefficient (Wildman–Crippen LogP) is 3.37. The lowest BCUT2D eigenvalue weighted by atomic mass is 10.1. The van der Waals surface area contributed by atoms with Crippen LogP contribution in [-0.2, 0) is 11.2 Å². The minimum Gasteiger partial charge on any atom is -0.339 e. The number of para-hydroxylation sites is 1. The van der Waals surface area contributed by atoms with Crippen LogP contribution in [0.25, 0.3) is 0 Å². The lowest BCUT2D eigenvalue weighted by molar-refractivity contribution is -0.119. The van der Waals surface area contributed by atoms with Crippen LogP contribution < -0.4 is 10.6 Å². The van der Waals surface area contributed by atoms with E-state index in [0.717, 1.165) is 31.5 Å². The first-order valence-electron chi connectivity index (χ1n) is 9.16. The van der Waals surface area contributed by atoms with Crippen molar-refractivity contribution in [3.05, 3.63) is 65.7 Å². The van der Waals surface area contributed by atoms with Gasteiger partial charge in [-0.15, -0.1) is 0 Å². The van der Waals surface area contributed by atoms with Gasteiger partial charge < -0.3 is 15.5 Å². The lowest BCUT2D eigenvalue weighted by Gasteiger charge is -2.27. The van der Waals surface area contributed by atoms with E-state index in [9.17, 15) is 9.59 Å². The van der Waals surface area contributed by atoms with Crippen LogP contribution in [0.15, 0.2) is 54.6 Å². The van der Waals surface area contributed by atoms with Gasteiger partial charge in [0.2, 0.25) is 5.91 Å². The Bertz CT molecular complexity index is 817. The minimum absolute atomic E-state index is 0.00351. The molecule has 1 aliphatic heterocycles. The number of piperidine rings is 1. The van der Waals surface area contributed by atoms with Gasteiger partial charge in [0.25, 0.3) is 5.91 Å². The van der Waals surface area contributed by atoms with Gasteiger partial charge >= 0.3 is 0 Å². The SMILES string of the molecule is O=C(Cc1ccccc1)NC(=S)Nc1ccccc1C(=O)N1CCCCC1. The van der Waals surface area contributed by atoms with Crippen LogP contribution in [-0.4, -0.2) is 34.9 Å². The quantitative estimate of drug-likeness (QED) is 0.797. The molecule has 2 amide bonds. The molecule has 0 spiro atoms. The number of nitrogens with one attached hydrogen (secondary N) is 2. The Labute approximate surface area is 164 Å². The number of hydrogen-bond donors (Lipinski definition) is 2. The number of rotatable bonds is 4. The van der Waals surface area contributed by atoms with Gasteiger partial charge in [0.15, 0.2) is 5.11 Å². The van der Waals surface area contributed by atoms with E-state index in [0.29, 0.717) is 11.3 Å². The zero-order valence-corrected chi connectivity index (χ0v) is 15.9. The van der Waals surface area contributed by atoms with Crippen LogP contribution in [0.5, 0.6) is 0 Å². The molecule has 0 atom stereocenters. The molecule has 27 heavy (non-hydrogen) atoms. The molecule has 0 bridgehead atoms. The van der Waals surface area contributed by atoms with Gasteiger partial charge in [-0.1, -0.05) is 42.5 Å². The number of benzene rings is 2. The van der Waals surface area contributed by atoms with E-state index in [2.05, 4.69) is 10.6 Å². The summed E-state index contributed by atoms with van der Waals surface area (Å²) in [6.45, 7) is 1.57. The second kappa shape index (κ2) is 9.28. The zero-order valence-electron chi connectivity index (χ0n) is 15.1. The van der Waals surface area contributed by atoms with E-state index in [-0.39, 0.29) is 23.3 Å². The smallest absolute Gasteiger partial charge is 0.255 e. The van der Waals surface area contributed by atoms with Crippen molar-refractivity contribution in [3.8, 4) is 0 Å². The van der Waals surface area contributed by atoms with Crippen LogP contribution in [0.3, 0.4) is 0 Å². The monoisotopic (exact) mass is 381 g/mol. The number of anilines is 1.